The lowest BCUT2D eigenvalue weighted by Crippen LogP contribution is -2.32. The van der Waals surface area contributed by atoms with Crippen LogP contribution in [0.15, 0.2) is 11.7 Å². The first kappa shape index (κ1) is 12.9. The van der Waals surface area contributed by atoms with E-state index in [2.05, 4.69) is 10.3 Å². The zero-order chi connectivity index (χ0) is 9.64. The molecule has 1 aliphatic rings. The molecule has 0 aromatic carbocycles. The van der Waals surface area contributed by atoms with Crippen LogP contribution >= 0.6 is 23.7 Å². The highest BCUT2D eigenvalue weighted by molar-refractivity contribution is 7.09. The van der Waals surface area contributed by atoms with Crippen molar-refractivity contribution in [3.8, 4) is 0 Å². The average Bonchev–Trinajstić information content (AvgIpc) is 2.72. The molecule has 0 aliphatic carbocycles. The summed E-state index contributed by atoms with van der Waals surface area (Å²) in [5.74, 6) is 0.705. The molecular weight excluding hydrogens is 232 g/mol. The number of nitrogens with zero attached hydrogens (tertiary/aromatic N) is 1. The maximum atomic E-state index is 5.65. The number of halogens is 1. The molecule has 5 heteroatoms. The second kappa shape index (κ2) is 7.17. The first-order valence-electron chi connectivity index (χ1n) is 5.11. The zero-order valence-electron chi connectivity index (χ0n) is 8.65. The van der Waals surface area contributed by atoms with Crippen molar-refractivity contribution in [3.63, 3.8) is 0 Å². The van der Waals surface area contributed by atoms with Crippen molar-refractivity contribution in [2.75, 3.05) is 19.7 Å². The Labute approximate surface area is 101 Å². The Hall–Kier alpha value is -0.160. The summed E-state index contributed by atoms with van der Waals surface area (Å²) in [5.41, 5.74) is 1.85. The highest BCUT2D eigenvalue weighted by atomic mass is 35.5. The Morgan fingerprint density at radius 3 is 3.20 bits per heavy atom. The Morgan fingerprint density at radius 2 is 2.53 bits per heavy atom. The van der Waals surface area contributed by atoms with E-state index in [1.807, 2.05) is 11.7 Å². The molecule has 1 aromatic heterocycles. The maximum absolute atomic E-state index is 5.65. The molecule has 1 N–H and O–H groups in total. The normalized spacial score (nSPS) is 20.9. The molecule has 2 rings (SSSR count). The van der Waals surface area contributed by atoms with E-state index in [1.165, 1.54) is 24.3 Å². The fraction of sp³-hybridized carbons (Fsp3) is 0.700. The van der Waals surface area contributed by atoms with Crippen LogP contribution in [0.4, 0.5) is 0 Å². The van der Waals surface area contributed by atoms with Crippen molar-refractivity contribution in [2.45, 2.75) is 19.4 Å². The van der Waals surface area contributed by atoms with Crippen molar-refractivity contribution < 1.29 is 4.74 Å². The van der Waals surface area contributed by atoms with Crippen LogP contribution in [0.5, 0.6) is 0 Å². The Bertz CT molecular complexity index is 250. The van der Waals surface area contributed by atoms with Gasteiger partial charge >= 0.3 is 0 Å². The lowest BCUT2D eigenvalue weighted by Gasteiger charge is -2.22. The summed E-state index contributed by atoms with van der Waals surface area (Å²) in [6.07, 6.45) is 4.47. The number of rotatable bonds is 4. The van der Waals surface area contributed by atoms with Gasteiger partial charge in [-0.2, -0.15) is 0 Å². The molecule has 0 saturated carbocycles. The molecule has 1 aliphatic heterocycles. The lowest BCUT2D eigenvalue weighted by molar-refractivity contribution is 0.0798. The molecule has 15 heavy (non-hydrogen) atoms. The van der Waals surface area contributed by atoms with Gasteiger partial charge in [-0.3, -0.25) is 4.98 Å². The molecule has 0 amide bonds. The van der Waals surface area contributed by atoms with E-state index >= 15 is 0 Å². The van der Waals surface area contributed by atoms with Crippen molar-refractivity contribution >= 4 is 23.7 Å². The number of thiazole rings is 1. The third kappa shape index (κ3) is 4.47. The molecular formula is C10H17ClN2OS. The summed E-state index contributed by atoms with van der Waals surface area (Å²) in [6.45, 7) is 3.89. The number of nitrogens with one attached hydrogen (secondary N) is 1. The van der Waals surface area contributed by atoms with Gasteiger partial charge in [-0.15, -0.1) is 23.7 Å². The highest BCUT2D eigenvalue weighted by Crippen LogP contribution is 2.12. The maximum Gasteiger partial charge on any atom is 0.0825 e. The van der Waals surface area contributed by atoms with Gasteiger partial charge in [0.1, 0.15) is 0 Å². The van der Waals surface area contributed by atoms with Crippen LogP contribution in [0.2, 0.25) is 0 Å². The van der Waals surface area contributed by atoms with Gasteiger partial charge in [0.15, 0.2) is 0 Å². The van der Waals surface area contributed by atoms with Crippen LogP contribution < -0.4 is 5.32 Å². The molecule has 1 fully saturated rings. The third-order valence-electron chi connectivity index (χ3n) is 2.48. The topological polar surface area (TPSA) is 34.1 Å². The Morgan fingerprint density at radius 1 is 1.60 bits per heavy atom. The monoisotopic (exact) mass is 248 g/mol. The van der Waals surface area contributed by atoms with Gasteiger partial charge in [-0.25, -0.2) is 0 Å². The van der Waals surface area contributed by atoms with Crippen LogP contribution in [0.3, 0.4) is 0 Å². The minimum atomic E-state index is 0. The Kier molecular flexibility index (Phi) is 6.17. The molecule has 86 valence electrons. The van der Waals surface area contributed by atoms with E-state index in [9.17, 15) is 0 Å². The number of piperidine rings is 1. The first-order chi connectivity index (χ1) is 6.95. The first-order valence-corrected chi connectivity index (χ1v) is 5.99. The van der Waals surface area contributed by atoms with E-state index in [1.54, 1.807) is 11.3 Å². The van der Waals surface area contributed by atoms with E-state index < -0.39 is 0 Å². The van der Waals surface area contributed by atoms with Gasteiger partial charge in [0, 0.05) is 12.7 Å². The number of hydrogen-bond donors (Lipinski definition) is 1. The van der Waals surface area contributed by atoms with Crippen molar-refractivity contribution in [1.29, 1.82) is 0 Å². The van der Waals surface area contributed by atoms with E-state index in [0.29, 0.717) is 5.92 Å². The number of aromatic nitrogens is 1. The van der Waals surface area contributed by atoms with Crippen molar-refractivity contribution in [3.05, 3.63) is 16.6 Å². The predicted molar refractivity (Wildman–Crippen MR) is 64.6 cm³/mol. The zero-order valence-corrected chi connectivity index (χ0v) is 10.3. The molecule has 1 aromatic rings. The van der Waals surface area contributed by atoms with Crippen LogP contribution in [0.1, 0.15) is 17.7 Å². The predicted octanol–water partition coefficient (Wildman–Crippen LogP) is 2.08. The summed E-state index contributed by atoms with van der Waals surface area (Å²) in [5, 5.41) is 3.39. The van der Waals surface area contributed by atoms with Gasteiger partial charge in [-0.1, -0.05) is 0 Å². The van der Waals surface area contributed by atoms with Crippen molar-refractivity contribution in [1.82, 2.24) is 10.3 Å². The van der Waals surface area contributed by atoms with Crippen LogP contribution in [0.25, 0.3) is 0 Å². The standard InChI is InChI=1S/C10H16N2OS.ClH/c1-2-9(4-11-3-1)6-13-7-10-5-12-8-14-10;/h5,8-9,11H,1-4,6-7H2;1H. The van der Waals surface area contributed by atoms with Gasteiger partial charge in [0.2, 0.25) is 0 Å². The van der Waals surface area contributed by atoms with Crippen LogP contribution in [-0.4, -0.2) is 24.7 Å². The largest absolute Gasteiger partial charge is 0.376 e. The molecule has 2 heterocycles. The van der Waals surface area contributed by atoms with E-state index in [4.69, 9.17) is 4.74 Å². The number of hydrogen-bond acceptors (Lipinski definition) is 4. The average molecular weight is 249 g/mol. The van der Waals surface area contributed by atoms with Gasteiger partial charge in [-0.05, 0) is 25.3 Å². The minimum Gasteiger partial charge on any atom is -0.376 e. The molecule has 1 atom stereocenters. The summed E-state index contributed by atoms with van der Waals surface area (Å²) in [7, 11) is 0. The third-order valence-corrected chi connectivity index (χ3v) is 3.23. The Balaban J connectivity index is 0.00000112. The molecule has 1 unspecified atom stereocenters. The fourth-order valence-corrected chi connectivity index (χ4v) is 2.24. The summed E-state index contributed by atoms with van der Waals surface area (Å²) >= 11 is 1.66. The van der Waals surface area contributed by atoms with E-state index in [0.717, 1.165) is 19.8 Å². The molecule has 0 radical (unpaired) electrons. The molecule has 1 saturated heterocycles. The van der Waals surface area contributed by atoms with Gasteiger partial charge in [0.25, 0.3) is 0 Å². The molecule has 3 nitrogen and oxygen atoms in total. The molecule has 0 spiro atoms. The second-order valence-electron chi connectivity index (χ2n) is 3.70. The summed E-state index contributed by atoms with van der Waals surface area (Å²) < 4.78 is 5.65. The quantitative estimate of drug-likeness (QED) is 0.886. The summed E-state index contributed by atoms with van der Waals surface area (Å²) in [4.78, 5) is 5.23. The lowest BCUT2D eigenvalue weighted by atomic mass is 10.0. The SMILES string of the molecule is Cl.c1ncc(COCC2CCCNC2)s1. The van der Waals surface area contributed by atoms with Gasteiger partial charge < -0.3 is 10.1 Å². The minimum absolute atomic E-state index is 0. The van der Waals surface area contributed by atoms with E-state index in [-0.39, 0.29) is 12.4 Å². The van der Waals surface area contributed by atoms with Crippen LogP contribution in [0, 0.1) is 5.92 Å². The summed E-state index contributed by atoms with van der Waals surface area (Å²) in [6, 6.07) is 0. The van der Waals surface area contributed by atoms with Crippen molar-refractivity contribution in [2.24, 2.45) is 5.92 Å². The molecule has 0 bridgehead atoms. The van der Waals surface area contributed by atoms with Gasteiger partial charge in [0.05, 0.1) is 23.6 Å². The second-order valence-corrected chi connectivity index (χ2v) is 4.67. The smallest absolute Gasteiger partial charge is 0.0825 e. The van der Waals surface area contributed by atoms with Crippen LogP contribution in [-0.2, 0) is 11.3 Å². The highest BCUT2D eigenvalue weighted by Gasteiger charge is 2.12. The number of ether oxygens (including phenoxy) is 1. The fourth-order valence-electron chi connectivity index (χ4n) is 1.71.